The van der Waals surface area contributed by atoms with Crippen LogP contribution in [0, 0.1) is 0 Å². The normalized spacial score (nSPS) is 16.2. The highest BCUT2D eigenvalue weighted by Gasteiger charge is 2.13. The summed E-state index contributed by atoms with van der Waals surface area (Å²) in [5, 5.41) is 4.03. The van der Waals surface area contributed by atoms with Gasteiger partial charge >= 0.3 is 0 Å². The fourth-order valence-electron chi connectivity index (χ4n) is 2.12. The number of para-hydroxylation sites is 1. The lowest BCUT2D eigenvalue weighted by atomic mass is 9.96. The summed E-state index contributed by atoms with van der Waals surface area (Å²) >= 11 is 5.25. The van der Waals surface area contributed by atoms with E-state index in [4.69, 9.17) is 12.2 Å². The van der Waals surface area contributed by atoms with Crippen LogP contribution in [-0.4, -0.2) is 11.2 Å². The first-order chi connectivity index (χ1) is 8.34. The molecule has 0 aromatic heterocycles. The van der Waals surface area contributed by atoms with E-state index in [0.717, 1.165) is 5.69 Å². The van der Waals surface area contributed by atoms with Crippen molar-refractivity contribution in [3.63, 3.8) is 0 Å². The van der Waals surface area contributed by atoms with Crippen LogP contribution in [0.2, 0.25) is 0 Å². The van der Waals surface area contributed by atoms with Gasteiger partial charge in [0, 0.05) is 6.04 Å². The van der Waals surface area contributed by atoms with Gasteiger partial charge in [0.25, 0.3) is 0 Å². The molecule has 0 radical (unpaired) electrons. The molecular formula is C13H19N3S. The van der Waals surface area contributed by atoms with Crippen LogP contribution in [-0.2, 0) is 0 Å². The Balaban J connectivity index is 1.70. The van der Waals surface area contributed by atoms with Gasteiger partial charge in [0.15, 0.2) is 5.11 Å². The number of hydrazine groups is 1. The van der Waals surface area contributed by atoms with Gasteiger partial charge in [-0.05, 0) is 37.2 Å². The van der Waals surface area contributed by atoms with Gasteiger partial charge in [-0.1, -0.05) is 37.5 Å². The molecule has 0 bridgehead atoms. The van der Waals surface area contributed by atoms with Crippen molar-refractivity contribution < 1.29 is 0 Å². The van der Waals surface area contributed by atoms with Crippen LogP contribution < -0.4 is 16.2 Å². The Labute approximate surface area is 108 Å². The molecule has 1 fully saturated rings. The van der Waals surface area contributed by atoms with Crippen molar-refractivity contribution in [3.8, 4) is 0 Å². The van der Waals surface area contributed by atoms with Crippen molar-refractivity contribution in [3.05, 3.63) is 30.3 Å². The summed E-state index contributed by atoms with van der Waals surface area (Å²) < 4.78 is 0. The van der Waals surface area contributed by atoms with Crippen LogP contribution >= 0.6 is 12.2 Å². The van der Waals surface area contributed by atoms with E-state index in [9.17, 15) is 0 Å². The molecule has 0 saturated heterocycles. The predicted molar refractivity (Wildman–Crippen MR) is 75.8 cm³/mol. The largest absolute Gasteiger partial charge is 0.359 e. The van der Waals surface area contributed by atoms with Crippen molar-refractivity contribution in [2.24, 2.45) is 0 Å². The minimum atomic E-state index is 0.543. The van der Waals surface area contributed by atoms with Crippen LogP contribution in [0.15, 0.2) is 30.3 Å². The number of hydrogen-bond donors (Lipinski definition) is 3. The maximum Gasteiger partial charge on any atom is 0.185 e. The van der Waals surface area contributed by atoms with Crippen molar-refractivity contribution in [1.29, 1.82) is 0 Å². The van der Waals surface area contributed by atoms with E-state index in [2.05, 4.69) is 16.2 Å². The highest BCUT2D eigenvalue weighted by molar-refractivity contribution is 7.80. The third kappa shape index (κ3) is 4.23. The third-order valence-electron chi connectivity index (χ3n) is 3.03. The highest BCUT2D eigenvalue weighted by atomic mass is 32.1. The van der Waals surface area contributed by atoms with E-state index >= 15 is 0 Å². The predicted octanol–water partition coefficient (Wildman–Crippen LogP) is 2.81. The Kier molecular flexibility index (Phi) is 4.62. The van der Waals surface area contributed by atoms with E-state index in [0.29, 0.717) is 11.2 Å². The standard InChI is InChI=1S/C13H19N3S/c17-13(14-11-7-3-1-4-8-11)16-15-12-9-5-2-6-10-12/h2,5-6,9-11,15H,1,3-4,7-8H2,(H2,14,16,17). The summed E-state index contributed by atoms with van der Waals surface area (Å²) in [6.07, 6.45) is 6.44. The fourth-order valence-corrected chi connectivity index (χ4v) is 2.34. The number of hydrogen-bond acceptors (Lipinski definition) is 2. The molecule has 1 aromatic rings. The summed E-state index contributed by atoms with van der Waals surface area (Å²) in [6.45, 7) is 0. The molecule has 1 aliphatic rings. The topological polar surface area (TPSA) is 36.1 Å². The van der Waals surface area contributed by atoms with Crippen molar-refractivity contribution in [2.75, 3.05) is 5.43 Å². The summed E-state index contributed by atoms with van der Waals surface area (Å²) in [6, 6.07) is 10.5. The molecule has 1 aliphatic carbocycles. The van der Waals surface area contributed by atoms with Crippen LogP contribution in [0.25, 0.3) is 0 Å². The molecule has 1 aromatic carbocycles. The molecule has 4 heteroatoms. The van der Waals surface area contributed by atoms with Gasteiger partial charge < -0.3 is 5.32 Å². The van der Waals surface area contributed by atoms with E-state index in [1.165, 1.54) is 32.1 Å². The lowest BCUT2D eigenvalue weighted by Crippen LogP contribution is -2.44. The Hall–Kier alpha value is -1.29. The van der Waals surface area contributed by atoms with E-state index < -0.39 is 0 Å². The molecule has 3 N–H and O–H groups in total. The molecule has 0 atom stereocenters. The number of thiocarbonyl (C=S) groups is 1. The molecule has 0 spiro atoms. The lowest BCUT2D eigenvalue weighted by molar-refractivity contribution is 0.412. The maximum atomic E-state index is 5.25. The number of rotatable bonds is 3. The van der Waals surface area contributed by atoms with E-state index in [1.807, 2.05) is 30.3 Å². The van der Waals surface area contributed by atoms with Gasteiger partial charge in [0.05, 0.1) is 5.69 Å². The first kappa shape index (κ1) is 12.2. The second kappa shape index (κ2) is 6.45. The van der Waals surface area contributed by atoms with Crippen LogP contribution in [0.3, 0.4) is 0 Å². The van der Waals surface area contributed by atoms with Crippen LogP contribution in [0.4, 0.5) is 5.69 Å². The minimum Gasteiger partial charge on any atom is -0.359 e. The zero-order valence-corrected chi connectivity index (χ0v) is 10.7. The number of nitrogens with one attached hydrogen (secondary N) is 3. The quantitative estimate of drug-likeness (QED) is 0.569. The molecule has 0 amide bonds. The monoisotopic (exact) mass is 249 g/mol. The Morgan fingerprint density at radius 3 is 2.47 bits per heavy atom. The average molecular weight is 249 g/mol. The molecule has 0 aliphatic heterocycles. The second-order valence-electron chi connectivity index (χ2n) is 4.42. The first-order valence-electron chi connectivity index (χ1n) is 6.22. The average Bonchev–Trinajstić information content (AvgIpc) is 2.39. The van der Waals surface area contributed by atoms with Crippen molar-refractivity contribution in [1.82, 2.24) is 10.7 Å². The number of anilines is 1. The van der Waals surface area contributed by atoms with Crippen molar-refractivity contribution in [2.45, 2.75) is 38.1 Å². The molecule has 0 heterocycles. The SMILES string of the molecule is S=C(NNc1ccccc1)NC1CCCCC1. The lowest BCUT2D eigenvalue weighted by Gasteiger charge is -2.24. The highest BCUT2D eigenvalue weighted by Crippen LogP contribution is 2.17. The van der Waals surface area contributed by atoms with Crippen LogP contribution in [0.5, 0.6) is 0 Å². The van der Waals surface area contributed by atoms with Gasteiger partial charge in [-0.25, -0.2) is 0 Å². The van der Waals surface area contributed by atoms with Gasteiger partial charge in [0.1, 0.15) is 0 Å². The fraction of sp³-hybridized carbons (Fsp3) is 0.462. The molecular weight excluding hydrogens is 230 g/mol. The Bertz CT molecular complexity index is 347. The van der Waals surface area contributed by atoms with Crippen molar-refractivity contribution >= 4 is 23.0 Å². The summed E-state index contributed by atoms with van der Waals surface area (Å²) in [5.74, 6) is 0. The summed E-state index contributed by atoms with van der Waals surface area (Å²) in [4.78, 5) is 0. The Morgan fingerprint density at radius 1 is 1.06 bits per heavy atom. The van der Waals surface area contributed by atoms with Gasteiger partial charge in [-0.3, -0.25) is 10.9 Å². The van der Waals surface area contributed by atoms with E-state index in [1.54, 1.807) is 0 Å². The molecule has 17 heavy (non-hydrogen) atoms. The van der Waals surface area contributed by atoms with E-state index in [-0.39, 0.29) is 0 Å². The zero-order valence-electron chi connectivity index (χ0n) is 9.91. The zero-order chi connectivity index (χ0) is 11.9. The smallest absolute Gasteiger partial charge is 0.185 e. The molecule has 3 nitrogen and oxygen atoms in total. The molecule has 1 saturated carbocycles. The maximum absolute atomic E-state index is 5.25. The molecule has 92 valence electrons. The molecule has 2 rings (SSSR count). The second-order valence-corrected chi connectivity index (χ2v) is 4.83. The minimum absolute atomic E-state index is 0.543. The first-order valence-corrected chi connectivity index (χ1v) is 6.63. The third-order valence-corrected chi connectivity index (χ3v) is 3.25. The Morgan fingerprint density at radius 2 is 1.76 bits per heavy atom. The van der Waals surface area contributed by atoms with Gasteiger partial charge in [-0.2, -0.15) is 0 Å². The summed E-state index contributed by atoms with van der Waals surface area (Å²) in [7, 11) is 0. The molecule has 0 unspecified atom stereocenters. The van der Waals surface area contributed by atoms with Crippen LogP contribution in [0.1, 0.15) is 32.1 Å². The van der Waals surface area contributed by atoms with Gasteiger partial charge in [-0.15, -0.1) is 0 Å². The van der Waals surface area contributed by atoms with Gasteiger partial charge in [0.2, 0.25) is 0 Å². The number of benzene rings is 1. The summed E-state index contributed by atoms with van der Waals surface area (Å²) in [5.41, 5.74) is 7.11.